The molecule has 150 valence electrons. The Hall–Kier alpha value is -2.18. The van der Waals surface area contributed by atoms with Gasteiger partial charge in [0, 0.05) is 25.8 Å². The van der Waals surface area contributed by atoms with E-state index in [4.69, 9.17) is 11.6 Å². The summed E-state index contributed by atoms with van der Waals surface area (Å²) in [5.74, 6) is 0.261. The lowest BCUT2D eigenvalue weighted by atomic mass is 10.1. The lowest BCUT2D eigenvalue weighted by Gasteiger charge is -2.27. The molecule has 2 heterocycles. The van der Waals surface area contributed by atoms with Crippen LogP contribution in [0.1, 0.15) is 41.2 Å². The van der Waals surface area contributed by atoms with E-state index in [-0.39, 0.29) is 17.8 Å². The molecule has 0 spiro atoms. The molecular formula is C21H26ClFN4O. The molecule has 1 N–H and O–H groups in total. The molecule has 1 aromatic heterocycles. The number of hydrogen-bond donors (Lipinski definition) is 1. The molecule has 1 atom stereocenters. The SMILES string of the molecule is CN(C)C(CNc1ncc(C(=O)N2CCCCC2)cc1Cl)c1ccc(F)cc1. The second-order valence-corrected chi connectivity index (χ2v) is 7.73. The lowest BCUT2D eigenvalue weighted by molar-refractivity contribution is 0.0724. The number of pyridine rings is 1. The molecule has 1 unspecified atom stereocenters. The number of aromatic nitrogens is 1. The standard InChI is InChI=1S/C21H26ClFN4O/c1-26(2)19(15-6-8-17(23)9-7-15)14-25-20-18(22)12-16(13-24-20)21(28)27-10-4-3-5-11-27/h6-9,12-13,19H,3-5,10-11,14H2,1-2H3,(H,24,25). The quantitative estimate of drug-likeness (QED) is 0.783. The molecule has 0 bridgehead atoms. The van der Waals surface area contributed by atoms with Gasteiger partial charge in [-0.3, -0.25) is 4.79 Å². The Balaban J connectivity index is 1.68. The fourth-order valence-corrected chi connectivity index (χ4v) is 3.67. The zero-order chi connectivity index (χ0) is 20.1. The molecule has 0 saturated carbocycles. The molecule has 1 aliphatic heterocycles. The van der Waals surface area contributed by atoms with Crippen molar-refractivity contribution in [1.82, 2.24) is 14.8 Å². The number of carbonyl (C=O) groups excluding carboxylic acids is 1. The first-order valence-corrected chi connectivity index (χ1v) is 9.94. The zero-order valence-electron chi connectivity index (χ0n) is 16.3. The summed E-state index contributed by atoms with van der Waals surface area (Å²) in [6, 6.07) is 8.16. The van der Waals surface area contributed by atoms with Gasteiger partial charge < -0.3 is 15.1 Å². The first kappa shape index (κ1) is 20.6. The summed E-state index contributed by atoms with van der Waals surface area (Å²) >= 11 is 6.38. The molecule has 1 saturated heterocycles. The van der Waals surface area contributed by atoms with Gasteiger partial charge in [-0.25, -0.2) is 9.37 Å². The number of benzene rings is 1. The van der Waals surface area contributed by atoms with E-state index in [2.05, 4.69) is 10.3 Å². The van der Waals surface area contributed by atoms with E-state index in [9.17, 15) is 9.18 Å². The summed E-state index contributed by atoms with van der Waals surface area (Å²) in [7, 11) is 3.93. The number of halogens is 2. The van der Waals surface area contributed by atoms with E-state index >= 15 is 0 Å². The fraction of sp³-hybridized carbons (Fsp3) is 0.429. The number of likely N-dealkylation sites (N-methyl/N-ethyl adjacent to an activating group) is 1. The van der Waals surface area contributed by atoms with Gasteiger partial charge in [-0.1, -0.05) is 23.7 Å². The molecule has 1 aliphatic rings. The minimum atomic E-state index is -0.257. The van der Waals surface area contributed by atoms with E-state index in [1.165, 1.54) is 18.6 Å². The Morgan fingerprint density at radius 2 is 1.93 bits per heavy atom. The van der Waals surface area contributed by atoms with E-state index in [0.717, 1.165) is 31.5 Å². The highest BCUT2D eigenvalue weighted by molar-refractivity contribution is 6.33. The summed E-state index contributed by atoms with van der Waals surface area (Å²) < 4.78 is 13.2. The molecule has 7 heteroatoms. The van der Waals surface area contributed by atoms with Gasteiger partial charge >= 0.3 is 0 Å². The van der Waals surface area contributed by atoms with Crippen LogP contribution in [0.2, 0.25) is 5.02 Å². The van der Waals surface area contributed by atoms with E-state index in [0.29, 0.717) is 22.9 Å². The average Bonchev–Trinajstić information content (AvgIpc) is 2.70. The van der Waals surface area contributed by atoms with Crippen LogP contribution in [0, 0.1) is 5.82 Å². The third-order valence-corrected chi connectivity index (χ3v) is 5.36. The monoisotopic (exact) mass is 404 g/mol. The van der Waals surface area contributed by atoms with E-state index < -0.39 is 0 Å². The van der Waals surface area contributed by atoms with Crippen molar-refractivity contribution < 1.29 is 9.18 Å². The average molecular weight is 405 g/mol. The molecule has 2 aromatic rings. The molecule has 0 aliphatic carbocycles. The summed E-state index contributed by atoms with van der Waals surface area (Å²) in [6.07, 6.45) is 4.84. The summed E-state index contributed by atoms with van der Waals surface area (Å²) in [4.78, 5) is 20.9. The van der Waals surface area contributed by atoms with Gasteiger partial charge in [0.2, 0.25) is 0 Å². The second-order valence-electron chi connectivity index (χ2n) is 7.32. The highest BCUT2D eigenvalue weighted by Crippen LogP contribution is 2.24. The van der Waals surface area contributed by atoms with Crippen LogP contribution < -0.4 is 5.32 Å². The number of nitrogens with one attached hydrogen (secondary N) is 1. The maximum absolute atomic E-state index is 13.2. The van der Waals surface area contributed by atoms with Crippen LogP contribution in [0.3, 0.4) is 0 Å². The van der Waals surface area contributed by atoms with Crippen LogP contribution in [-0.2, 0) is 0 Å². The van der Waals surface area contributed by atoms with Gasteiger partial charge in [-0.2, -0.15) is 0 Å². The van der Waals surface area contributed by atoms with Crippen LogP contribution in [0.15, 0.2) is 36.5 Å². The maximum atomic E-state index is 13.2. The highest BCUT2D eigenvalue weighted by Gasteiger charge is 2.20. The van der Waals surface area contributed by atoms with Crippen molar-refractivity contribution in [2.24, 2.45) is 0 Å². The predicted molar refractivity (Wildman–Crippen MR) is 110 cm³/mol. The lowest BCUT2D eigenvalue weighted by Crippen LogP contribution is -2.35. The van der Waals surface area contributed by atoms with Gasteiger partial charge in [-0.05, 0) is 57.1 Å². The van der Waals surface area contributed by atoms with Gasteiger partial charge in [0.1, 0.15) is 11.6 Å². The summed E-state index contributed by atoms with van der Waals surface area (Å²) in [5.41, 5.74) is 1.51. The number of nitrogens with zero attached hydrogens (tertiary/aromatic N) is 3. The first-order valence-electron chi connectivity index (χ1n) is 9.56. The Morgan fingerprint density at radius 3 is 2.54 bits per heavy atom. The number of hydrogen-bond acceptors (Lipinski definition) is 4. The smallest absolute Gasteiger partial charge is 0.255 e. The normalized spacial score (nSPS) is 15.5. The number of rotatable bonds is 6. The van der Waals surface area contributed by atoms with Crippen molar-refractivity contribution in [1.29, 1.82) is 0 Å². The minimum absolute atomic E-state index is 0.0156. The van der Waals surface area contributed by atoms with Crippen molar-refractivity contribution in [3.8, 4) is 0 Å². The van der Waals surface area contributed by atoms with Crippen LogP contribution in [0.25, 0.3) is 0 Å². The second kappa shape index (κ2) is 9.34. The summed E-state index contributed by atoms with van der Waals surface area (Å²) in [5, 5.41) is 3.67. The molecular weight excluding hydrogens is 379 g/mol. The molecule has 1 fully saturated rings. The first-order chi connectivity index (χ1) is 13.5. The van der Waals surface area contributed by atoms with Gasteiger partial charge in [-0.15, -0.1) is 0 Å². The van der Waals surface area contributed by atoms with Crippen LogP contribution >= 0.6 is 11.6 Å². The van der Waals surface area contributed by atoms with E-state index in [1.807, 2.05) is 23.9 Å². The van der Waals surface area contributed by atoms with Crippen molar-refractivity contribution in [3.63, 3.8) is 0 Å². The van der Waals surface area contributed by atoms with Crippen LogP contribution in [-0.4, -0.2) is 54.4 Å². The van der Waals surface area contributed by atoms with E-state index in [1.54, 1.807) is 24.4 Å². The molecule has 1 amide bonds. The Kier molecular flexibility index (Phi) is 6.86. The molecule has 5 nitrogen and oxygen atoms in total. The minimum Gasteiger partial charge on any atom is -0.367 e. The third-order valence-electron chi connectivity index (χ3n) is 5.07. The maximum Gasteiger partial charge on any atom is 0.255 e. The number of piperidine rings is 1. The van der Waals surface area contributed by atoms with Gasteiger partial charge in [0.05, 0.1) is 16.6 Å². The Morgan fingerprint density at radius 1 is 1.25 bits per heavy atom. The third kappa shape index (κ3) is 5.00. The zero-order valence-corrected chi connectivity index (χ0v) is 17.0. The van der Waals surface area contributed by atoms with Crippen LogP contribution in [0.5, 0.6) is 0 Å². The Bertz CT molecular complexity index is 807. The van der Waals surface area contributed by atoms with Crippen molar-refractivity contribution >= 4 is 23.3 Å². The molecule has 0 radical (unpaired) electrons. The van der Waals surface area contributed by atoms with Crippen molar-refractivity contribution in [2.75, 3.05) is 39.0 Å². The topological polar surface area (TPSA) is 48.5 Å². The van der Waals surface area contributed by atoms with Crippen LogP contribution in [0.4, 0.5) is 10.2 Å². The van der Waals surface area contributed by atoms with Gasteiger partial charge in [0.15, 0.2) is 0 Å². The number of anilines is 1. The number of likely N-dealkylation sites (tertiary alicyclic amines) is 1. The fourth-order valence-electron chi connectivity index (χ4n) is 3.44. The highest BCUT2D eigenvalue weighted by atomic mass is 35.5. The van der Waals surface area contributed by atoms with Crippen molar-refractivity contribution in [2.45, 2.75) is 25.3 Å². The number of amides is 1. The molecule has 3 rings (SSSR count). The predicted octanol–water partition coefficient (Wildman–Crippen LogP) is 4.22. The van der Waals surface area contributed by atoms with Gasteiger partial charge in [0.25, 0.3) is 5.91 Å². The number of carbonyl (C=O) groups is 1. The van der Waals surface area contributed by atoms with Crippen molar-refractivity contribution in [3.05, 3.63) is 58.5 Å². The molecule has 1 aromatic carbocycles. The largest absolute Gasteiger partial charge is 0.367 e. The molecule has 28 heavy (non-hydrogen) atoms. The summed E-state index contributed by atoms with van der Waals surface area (Å²) in [6.45, 7) is 2.13. The Labute approximate surface area is 170 Å².